The van der Waals surface area contributed by atoms with Gasteiger partial charge < -0.3 is 20.1 Å². The van der Waals surface area contributed by atoms with Gasteiger partial charge in [-0.25, -0.2) is 14.6 Å². The van der Waals surface area contributed by atoms with Crippen molar-refractivity contribution in [3.05, 3.63) is 87.9 Å². The molecular formula is C30H37N3O5S. The minimum Gasteiger partial charge on any atom is -0.461 e. The first-order valence-corrected chi connectivity index (χ1v) is 14.1. The number of thiazole rings is 1. The van der Waals surface area contributed by atoms with E-state index in [1.165, 1.54) is 0 Å². The van der Waals surface area contributed by atoms with Crippen LogP contribution < -0.4 is 10.6 Å². The third-order valence-corrected chi connectivity index (χ3v) is 6.84. The Labute approximate surface area is 234 Å². The second-order valence-electron chi connectivity index (χ2n) is 9.64. The first-order chi connectivity index (χ1) is 18.9. The van der Waals surface area contributed by atoms with Crippen LogP contribution in [0, 0.1) is 5.92 Å². The van der Waals surface area contributed by atoms with E-state index in [1.807, 2.05) is 60.7 Å². The lowest BCUT2D eigenvalue weighted by molar-refractivity contribution is 0.0520. The lowest BCUT2D eigenvalue weighted by Gasteiger charge is -2.24. The van der Waals surface area contributed by atoms with Gasteiger partial charge in [0.15, 0.2) is 10.7 Å². The average molecular weight is 552 g/mol. The van der Waals surface area contributed by atoms with Gasteiger partial charge in [-0.15, -0.1) is 11.3 Å². The van der Waals surface area contributed by atoms with Gasteiger partial charge in [-0.3, -0.25) is 4.79 Å². The number of benzene rings is 2. The lowest BCUT2D eigenvalue weighted by atomic mass is 10.0. The van der Waals surface area contributed by atoms with Gasteiger partial charge in [0.05, 0.1) is 12.6 Å². The Morgan fingerprint density at radius 2 is 1.62 bits per heavy atom. The van der Waals surface area contributed by atoms with Crippen LogP contribution in [0.4, 0.5) is 4.79 Å². The smallest absolute Gasteiger partial charge is 0.407 e. The molecule has 39 heavy (non-hydrogen) atoms. The summed E-state index contributed by atoms with van der Waals surface area (Å²) in [6, 6.07) is 18.6. The van der Waals surface area contributed by atoms with Crippen molar-refractivity contribution in [3.63, 3.8) is 0 Å². The molecule has 2 N–H and O–H groups in total. The number of aromatic nitrogens is 1. The van der Waals surface area contributed by atoms with E-state index in [0.29, 0.717) is 31.7 Å². The number of nitrogens with zero attached hydrogens (tertiary/aromatic N) is 1. The van der Waals surface area contributed by atoms with Gasteiger partial charge in [0.1, 0.15) is 6.61 Å². The van der Waals surface area contributed by atoms with Crippen LogP contribution in [-0.4, -0.2) is 48.1 Å². The standard InChI is InChI=1S/C30H37N3O5S/c1-4-37-29(35)26-20-39-28(33-26)27(34)25(16-15-22-11-7-5-8-12-22)31-18-24(17-21(2)3)32-30(36)38-19-23-13-9-6-10-14-23/h5-14,20-21,24-25,31H,4,15-19H2,1-3H3,(H,32,36). The molecule has 2 unspecified atom stereocenters. The molecule has 208 valence electrons. The highest BCUT2D eigenvalue weighted by Gasteiger charge is 2.26. The molecule has 2 atom stereocenters. The molecule has 0 bridgehead atoms. The van der Waals surface area contributed by atoms with E-state index in [-0.39, 0.29) is 35.7 Å². The van der Waals surface area contributed by atoms with E-state index in [1.54, 1.807) is 12.3 Å². The van der Waals surface area contributed by atoms with E-state index < -0.39 is 18.1 Å². The van der Waals surface area contributed by atoms with E-state index in [2.05, 4.69) is 29.5 Å². The highest BCUT2D eigenvalue weighted by atomic mass is 32.1. The maximum absolute atomic E-state index is 13.5. The normalized spacial score (nSPS) is 12.5. The molecule has 1 aromatic heterocycles. The summed E-state index contributed by atoms with van der Waals surface area (Å²) in [5.74, 6) is -0.422. The Balaban J connectivity index is 1.67. The second kappa shape index (κ2) is 15.8. The topological polar surface area (TPSA) is 107 Å². The zero-order valence-corrected chi connectivity index (χ0v) is 23.5. The van der Waals surface area contributed by atoms with Crippen LogP contribution in [0.25, 0.3) is 0 Å². The number of hydrogen-bond donors (Lipinski definition) is 2. The molecule has 3 rings (SSSR count). The van der Waals surface area contributed by atoms with Gasteiger partial charge >= 0.3 is 12.1 Å². The van der Waals surface area contributed by atoms with Crippen molar-refractivity contribution in [1.82, 2.24) is 15.6 Å². The quantitative estimate of drug-likeness (QED) is 0.191. The largest absolute Gasteiger partial charge is 0.461 e. The van der Waals surface area contributed by atoms with Crippen LogP contribution in [0.15, 0.2) is 66.0 Å². The molecule has 0 aliphatic carbocycles. The average Bonchev–Trinajstić information content (AvgIpc) is 3.43. The predicted octanol–water partition coefficient (Wildman–Crippen LogP) is 5.43. The van der Waals surface area contributed by atoms with E-state index >= 15 is 0 Å². The molecule has 0 aliphatic rings. The summed E-state index contributed by atoms with van der Waals surface area (Å²) in [5.41, 5.74) is 2.15. The summed E-state index contributed by atoms with van der Waals surface area (Å²) in [6.45, 7) is 6.67. The first kappa shape index (κ1) is 30.0. The zero-order chi connectivity index (χ0) is 28.0. The summed E-state index contributed by atoms with van der Waals surface area (Å²) in [7, 11) is 0. The van der Waals surface area contributed by atoms with Gasteiger partial charge in [-0.05, 0) is 43.2 Å². The number of rotatable bonds is 15. The van der Waals surface area contributed by atoms with Crippen LogP contribution in [-0.2, 0) is 22.5 Å². The number of Topliss-reactive ketones (excluding diaryl/α,β-unsaturated/α-hetero) is 1. The first-order valence-electron chi connectivity index (χ1n) is 13.3. The molecule has 0 aliphatic heterocycles. The molecule has 8 nitrogen and oxygen atoms in total. The van der Waals surface area contributed by atoms with Crippen molar-refractivity contribution in [1.29, 1.82) is 0 Å². The number of ether oxygens (including phenoxy) is 2. The highest BCUT2D eigenvalue weighted by molar-refractivity contribution is 7.12. The Hall–Kier alpha value is -3.56. The maximum Gasteiger partial charge on any atom is 0.407 e. The molecule has 0 radical (unpaired) electrons. The van der Waals surface area contributed by atoms with E-state index in [9.17, 15) is 14.4 Å². The maximum atomic E-state index is 13.5. The number of carbonyl (C=O) groups is 3. The number of aryl methyl sites for hydroxylation is 1. The van der Waals surface area contributed by atoms with Crippen molar-refractivity contribution in [2.45, 2.75) is 58.7 Å². The Bertz CT molecular complexity index is 1180. The molecule has 0 fully saturated rings. The molecular weight excluding hydrogens is 514 g/mol. The van der Waals surface area contributed by atoms with Gasteiger partial charge in [0.2, 0.25) is 5.78 Å². The van der Waals surface area contributed by atoms with Crippen molar-refractivity contribution in [3.8, 4) is 0 Å². The molecule has 9 heteroatoms. The molecule has 0 saturated heterocycles. The number of ketones is 1. The summed E-state index contributed by atoms with van der Waals surface area (Å²) < 4.78 is 10.4. The molecule has 1 heterocycles. The fourth-order valence-corrected chi connectivity index (χ4v) is 4.88. The molecule has 3 aromatic rings. The minimum atomic E-state index is -0.553. The van der Waals surface area contributed by atoms with Crippen molar-refractivity contribution >= 4 is 29.2 Å². The highest BCUT2D eigenvalue weighted by Crippen LogP contribution is 2.17. The number of esters is 1. The van der Waals surface area contributed by atoms with Crippen LogP contribution in [0.2, 0.25) is 0 Å². The van der Waals surface area contributed by atoms with Crippen LogP contribution in [0.3, 0.4) is 0 Å². The molecule has 0 spiro atoms. The monoisotopic (exact) mass is 551 g/mol. The fraction of sp³-hybridized carbons (Fsp3) is 0.400. The third kappa shape index (κ3) is 10.3. The lowest BCUT2D eigenvalue weighted by Crippen LogP contribution is -2.48. The van der Waals surface area contributed by atoms with Crippen molar-refractivity contribution in [2.75, 3.05) is 13.2 Å². The van der Waals surface area contributed by atoms with E-state index in [0.717, 1.165) is 22.5 Å². The zero-order valence-electron chi connectivity index (χ0n) is 22.7. The van der Waals surface area contributed by atoms with Crippen LogP contribution >= 0.6 is 11.3 Å². The summed E-state index contributed by atoms with van der Waals surface area (Å²) in [6.07, 6.45) is 1.42. The summed E-state index contributed by atoms with van der Waals surface area (Å²) >= 11 is 1.13. The molecule has 1 amide bonds. The summed E-state index contributed by atoms with van der Waals surface area (Å²) in [4.78, 5) is 42.4. The number of hydrogen-bond acceptors (Lipinski definition) is 8. The van der Waals surface area contributed by atoms with Gasteiger partial charge in [-0.1, -0.05) is 74.5 Å². The van der Waals surface area contributed by atoms with Crippen molar-refractivity contribution < 1.29 is 23.9 Å². The number of carbonyl (C=O) groups excluding carboxylic acids is 3. The van der Waals surface area contributed by atoms with Gasteiger partial charge in [0, 0.05) is 18.0 Å². The van der Waals surface area contributed by atoms with Gasteiger partial charge in [0.25, 0.3) is 0 Å². The SMILES string of the molecule is CCOC(=O)c1csc(C(=O)C(CCc2ccccc2)NCC(CC(C)C)NC(=O)OCc2ccccc2)n1. The summed E-state index contributed by atoms with van der Waals surface area (Å²) in [5, 5.41) is 8.11. The number of amides is 1. The van der Waals surface area contributed by atoms with Gasteiger partial charge in [-0.2, -0.15) is 0 Å². The van der Waals surface area contributed by atoms with Crippen LogP contribution in [0.5, 0.6) is 0 Å². The van der Waals surface area contributed by atoms with Crippen molar-refractivity contribution in [2.24, 2.45) is 5.92 Å². The third-order valence-electron chi connectivity index (χ3n) is 5.98. The number of nitrogens with one attached hydrogen (secondary N) is 2. The Morgan fingerprint density at radius 1 is 0.949 bits per heavy atom. The fourth-order valence-electron chi connectivity index (χ4n) is 4.09. The minimum absolute atomic E-state index is 0.132. The molecule has 0 saturated carbocycles. The van der Waals surface area contributed by atoms with Crippen LogP contribution in [0.1, 0.15) is 65.0 Å². The molecule has 2 aromatic carbocycles. The Kier molecular flexibility index (Phi) is 12.1. The van der Waals surface area contributed by atoms with E-state index in [4.69, 9.17) is 9.47 Å². The number of alkyl carbamates (subject to hydrolysis) is 1. The Morgan fingerprint density at radius 3 is 2.26 bits per heavy atom. The predicted molar refractivity (Wildman–Crippen MR) is 152 cm³/mol. The second-order valence-corrected chi connectivity index (χ2v) is 10.5.